The maximum atomic E-state index is 12.5. The number of likely N-dealkylation sites (tertiary alicyclic amines) is 1. The summed E-state index contributed by atoms with van der Waals surface area (Å²) in [5, 5.41) is 2.64. The third-order valence-electron chi connectivity index (χ3n) is 5.05. The monoisotopic (exact) mass is 455 g/mol. The van der Waals surface area contributed by atoms with Crippen LogP contribution in [0.2, 0.25) is 0 Å². The molecule has 0 unspecified atom stereocenters. The number of nitrogens with one attached hydrogen (secondary N) is 2. The minimum atomic E-state index is -0.554. The number of esters is 1. The molecule has 0 spiro atoms. The maximum Gasteiger partial charge on any atom is 0.410 e. The fourth-order valence-corrected chi connectivity index (χ4v) is 3.34. The largest absolute Gasteiger partial charge is 0.459 e. The number of piperidine rings is 1. The molecule has 2 amide bonds. The molecule has 9 nitrogen and oxygen atoms in total. The lowest BCUT2D eigenvalue weighted by Gasteiger charge is -2.33. The molecule has 1 saturated heterocycles. The molecule has 0 radical (unpaired) electrons. The van der Waals surface area contributed by atoms with Crippen molar-refractivity contribution in [1.29, 1.82) is 0 Å². The lowest BCUT2D eigenvalue weighted by molar-refractivity contribution is -0.00341. The summed E-state index contributed by atoms with van der Waals surface area (Å²) in [6.07, 6.45) is 0.412. The van der Waals surface area contributed by atoms with E-state index in [0.717, 1.165) is 0 Å². The van der Waals surface area contributed by atoms with Gasteiger partial charge < -0.3 is 24.7 Å². The van der Waals surface area contributed by atoms with Gasteiger partial charge in [0.1, 0.15) is 17.3 Å². The number of pyridine rings is 1. The molecule has 9 heteroatoms. The third-order valence-corrected chi connectivity index (χ3v) is 5.05. The van der Waals surface area contributed by atoms with Gasteiger partial charge in [-0.3, -0.25) is 9.59 Å². The number of aromatic amines is 1. The van der Waals surface area contributed by atoms with Crippen LogP contribution in [0.25, 0.3) is 0 Å². The van der Waals surface area contributed by atoms with Gasteiger partial charge in [0.2, 0.25) is 0 Å². The smallest absolute Gasteiger partial charge is 0.410 e. The van der Waals surface area contributed by atoms with E-state index in [1.54, 1.807) is 42.2 Å². The van der Waals surface area contributed by atoms with E-state index in [9.17, 15) is 19.2 Å². The van der Waals surface area contributed by atoms with Gasteiger partial charge in [0.05, 0.1) is 5.56 Å². The van der Waals surface area contributed by atoms with E-state index >= 15 is 0 Å². The van der Waals surface area contributed by atoms with Crippen LogP contribution in [0.15, 0.2) is 41.2 Å². The topological polar surface area (TPSA) is 118 Å². The van der Waals surface area contributed by atoms with Crippen LogP contribution in [0.1, 0.15) is 60.0 Å². The standard InChI is InChI=1S/C24H29N3O6/c1-15-5-10-19(20(28)25-15)21(29)26-17-8-6-16(7-9-17)22(30)32-18-11-13-27(14-12-18)23(31)33-24(2,3)4/h5-10,18H,11-14H2,1-4H3,(H,25,28)(H,26,29). The zero-order chi connectivity index (χ0) is 24.2. The number of aryl methyl sites for hydroxylation is 1. The molecule has 2 heterocycles. The van der Waals surface area contributed by atoms with Gasteiger partial charge in [0.25, 0.3) is 11.5 Å². The summed E-state index contributed by atoms with van der Waals surface area (Å²) in [4.78, 5) is 53.1. The van der Waals surface area contributed by atoms with Crippen molar-refractivity contribution in [3.63, 3.8) is 0 Å². The van der Waals surface area contributed by atoms with Crippen molar-refractivity contribution in [2.75, 3.05) is 18.4 Å². The molecule has 0 bridgehead atoms. The number of H-pyrrole nitrogens is 1. The second kappa shape index (κ2) is 9.89. The van der Waals surface area contributed by atoms with Crippen molar-refractivity contribution in [3.05, 3.63) is 63.6 Å². The number of anilines is 1. The quantitative estimate of drug-likeness (QED) is 0.682. The molecule has 1 aromatic heterocycles. The van der Waals surface area contributed by atoms with E-state index in [4.69, 9.17) is 9.47 Å². The average Bonchev–Trinajstić information content (AvgIpc) is 2.73. The van der Waals surface area contributed by atoms with Crippen LogP contribution in [0.3, 0.4) is 0 Å². The predicted molar refractivity (Wildman–Crippen MR) is 122 cm³/mol. The highest BCUT2D eigenvalue weighted by Crippen LogP contribution is 2.19. The predicted octanol–water partition coefficient (Wildman–Crippen LogP) is 3.49. The van der Waals surface area contributed by atoms with E-state index < -0.39 is 23.0 Å². The number of carbonyl (C=O) groups excluding carboxylic acids is 3. The first kappa shape index (κ1) is 24.0. The minimum Gasteiger partial charge on any atom is -0.459 e. The molecule has 33 heavy (non-hydrogen) atoms. The van der Waals surface area contributed by atoms with Gasteiger partial charge in [0, 0.05) is 37.3 Å². The van der Waals surface area contributed by atoms with Crippen LogP contribution in [0, 0.1) is 6.92 Å². The van der Waals surface area contributed by atoms with Gasteiger partial charge >= 0.3 is 12.1 Å². The highest BCUT2D eigenvalue weighted by Gasteiger charge is 2.28. The Hall–Kier alpha value is -3.62. The van der Waals surface area contributed by atoms with Crippen molar-refractivity contribution < 1.29 is 23.9 Å². The summed E-state index contributed by atoms with van der Waals surface area (Å²) >= 11 is 0. The van der Waals surface area contributed by atoms with E-state index in [2.05, 4.69) is 10.3 Å². The Morgan fingerprint density at radius 1 is 1.03 bits per heavy atom. The zero-order valence-electron chi connectivity index (χ0n) is 19.3. The number of carbonyl (C=O) groups is 3. The highest BCUT2D eigenvalue weighted by atomic mass is 16.6. The number of rotatable bonds is 4. The number of hydrogen-bond donors (Lipinski definition) is 2. The Bertz CT molecular complexity index is 1080. The van der Waals surface area contributed by atoms with Crippen LogP contribution in [-0.4, -0.2) is 52.6 Å². The van der Waals surface area contributed by atoms with Crippen LogP contribution in [0.4, 0.5) is 10.5 Å². The van der Waals surface area contributed by atoms with Crippen molar-refractivity contribution in [2.24, 2.45) is 0 Å². The Morgan fingerprint density at radius 3 is 2.24 bits per heavy atom. The number of ether oxygens (including phenoxy) is 2. The summed E-state index contributed by atoms with van der Waals surface area (Å²) in [5.41, 5.74) is 0.433. The molecular weight excluding hydrogens is 426 g/mol. The summed E-state index contributed by atoms with van der Waals surface area (Å²) in [6, 6.07) is 9.35. The zero-order valence-corrected chi connectivity index (χ0v) is 19.3. The molecule has 1 fully saturated rings. The van der Waals surface area contributed by atoms with Crippen molar-refractivity contribution in [1.82, 2.24) is 9.88 Å². The molecule has 3 rings (SSSR count). The van der Waals surface area contributed by atoms with Gasteiger partial charge in [-0.05, 0) is 64.1 Å². The van der Waals surface area contributed by atoms with Gasteiger partial charge in [-0.1, -0.05) is 0 Å². The summed E-state index contributed by atoms with van der Waals surface area (Å²) in [5.74, 6) is -1.01. The van der Waals surface area contributed by atoms with Gasteiger partial charge in [-0.15, -0.1) is 0 Å². The second-order valence-electron chi connectivity index (χ2n) is 8.99. The first-order valence-corrected chi connectivity index (χ1v) is 10.8. The number of hydrogen-bond acceptors (Lipinski definition) is 6. The minimum absolute atomic E-state index is 0.00168. The van der Waals surface area contributed by atoms with Gasteiger partial charge in [0.15, 0.2) is 0 Å². The fourth-order valence-electron chi connectivity index (χ4n) is 3.34. The Labute approximate surface area is 192 Å². The average molecular weight is 456 g/mol. The maximum absolute atomic E-state index is 12.5. The molecule has 1 aliphatic rings. The number of amides is 2. The summed E-state index contributed by atoms with van der Waals surface area (Å²) < 4.78 is 10.9. The molecule has 1 aromatic carbocycles. The molecule has 0 atom stereocenters. The van der Waals surface area contributed by atoms with Crippen molar-refractivity contribution in [2.45, 2.75) is 52.2 Å². The van der Waals surface area contributed by atoms with Crippen molar-refractivity contribution >= 4 is 23.7 Å². The summed E-state index contributed by atoms with van der Waals surface area (Å²) in [7, 11) is 0. The fraction of sp³-hybridized carbons (Fsp3) is 0.417. The Balaban J connectivity index is 1.51. The lowest BCUT2D eigenvalue weighted by Crippen LogP contribution is -2.43. The Morgan fingerprint density at radius 2 is 1.67 bits per heavy atom. The van der Waals surface area contributed by atoms with Crippen LogP contribution >= 0.6 is 0 Å². The molecule has 0 aliphatic carbocycles. The van der Waals surface area contributed by atoms with Crippen molar-refractivity contribution in [3.8, 4) is 0 Å². The lowest BCUT2D eigenvalue weighted by atomic mass is 10.1. The number of benzene rings is 1. The summed E-state index contributed by atoms with van der Waals surface area (Å²) in [6.45, 7) is 8.09. The first-order chi connectivity index (χ1) is 15.5. The van der Waals surface area contributed by atoms with Crippen LogP contribution in [-0.2, 0) is 9.47 Å². The molecule has 2 aromatic rings. The van der Waals surface area contributed by atoms with Crippen LogP contribution < -0.4 is 10.9 Å². The normalized spacial score (nSPS) is 14.5. The molecule has 0 saturated carbocycles. The Kier molecular flexibility index (Phi) is 7.20. The van der Waals surface area contributed by atoms with Gasteiger partial charge in [-0.25, -0.2) is 9.59 Å². The third kappa shape index (κ3) is 6.68. The number of aromatic nitrogens is 1. The first-order valence-electron chi connectivity index (χ1n) is 10.8. The van der Waals surface area contributed by atoms with Gasteiger partial charge in [-0.2, -0.15) is 0 Å². The van der Waals surface area contributed by atoms with E-state index in [0.29, 0.717) is 42.9 Å². The molecular formula is C24H29N3O6. The second-order valence-corrected chi connectivity index (χ2v) is 8.99. The highest BCUT2D eigenvalue weighted by molar-refractivity contribution is 6.04. The molecule has 2 N–H and O–H groups in total. The SMILES string of the molecule is Cc1ccc(C(=O)Nc2ccc(C(=O)OC3CCN(C(=O)OC(C)(C)C)CC3)cc2)c(=O)[nH]1. The number of nitrogens with zero attached hydrogens (tertiary/aromatic N) is 1. The van der Waals surface area contributed by atoms with E-state index in [1.165, 1.54) is 6.07 Å². The molecule has 1 aliphatic heterocycles. The van der Waals surface area contributed by atoms with E-state index in [1.807, 2.05) is 20.8 Å². The van der Waals surface area contributed by atoms with E-state index in [-0.39, 0.29) is 17.8 Å². The molecule has 176 valence electrons. The van der Waals surface area contributed by atoms with Crippen LogP contribution in [0.5, 0.6) is 0 Å².